The highest BCUT2D eigenvalue weighted by atomic mass is 35.5. The van der Waals surface area contributed by atoms with E-state index < -0.39 is 0 Å². The van der Waals surface area contributed by atoms with Crippen molar-refractivity contribution in [3.8, 4) is 11.8 Å². The molecular weight excluding hydrogens is 260 g/mol. The first-order valence-electron chi connectivity index (χ1n) is 5.74. The van der Waals surface area contributed by atoms with Crippen LogP contribution in [0, 0.1) is 11.3 Å². The largest absolute Gasteiger partial charge is 0.495 e. The van der Waals surface area contributed by atoms with E-state index in [1.165, 1.54) is 0 Å². The molecule has 2 aromatic rings. The zero-order chi connectivity index (χ0) is 13.8. The molecule has 0 N–H and O–H groups in total. The van der Waals surface area contributed by atoms with Crippen LogP contribution in [0.15, 0.2) is 42.5 Å². The molecule has 2 aromatic carbocycles. The predicted octanol–water partition coefficient (Wildman–Crippen LogP) is 3.99. The van der Waals surface area contributed by atoms with Gasteiger partial charge in [-0.25, -0.2) is 0 Å². The van der Waals surface area contributed by atoms with E-state index in [9.17, 15) is 5.26 Å². The predicted molar refractivity (Wildman–Crippen MR) is 77.2 cm³/mol. The topological polar surface area (TPSA) is 36.3 Å². The number of halogens is 1. The Morgan fingerprint density at radius 3 is 2.47 bits per heavy atom. The van der Waals surface area contributed by atoms with Crippen LogP contribution in [-0.4, -0.2) is 14.2 Å². The first-order valence-corrected chi connectivity index (χ1v) is 6.12. The Kier molecular flexibility index (Phi) is 3.94. The third-order valence-corrected chi connectivity index (χ3v) is 3.23. The Balaban J connectivity index is 2.54. The number of nitrogens with zero attached hydrogens (tertiary/aromatic N) is 2. The van der Waals surface area contributed by atoms with Gasteiger partial charge in [-0.2, -0.15) is 5.26 Å². The summed E-state index contributed by atoms with van der Waals surface area (Å²) in [5, 5.41) is 9.68. The zero-order valence-corrected chi connectivity index (χ0v) is 11.5. The highest BCUT2D eigenvalue weighted by Crippen LogP contribution is 2.35. The molecule has 4 heteroatoms. The van der Waals surface area contributed by atoms with Crippen LogP contribution < -0.4 is 9.64 Å². The van der Waals surface area contributed by atoms with E-state index in [1.54, 1.807) is 13.2 Å². The third-order valence-electron chi connectivity index (χ3n) is 2.91. The van der Waals surface area contributed by atoms with E-state index in [1.807, 2.05) is 48.3 Å². The summed E-state index contributed by atoms with van der Waals surface area (Å²) < 4.78 is 5.33. The van der Waals surface area contributed by atoms with E-state index in [0.29, 0.717) is 10.6 Å². The van der Waals surface area contributed by atoms with Crippen LogP contribution in [0.5, 0.6) is 5.75 Å². The summed E-state index contributed by atoms with van der Waals surface area (Å²) in [6.07, 6.45) is 0. The standard InChI is InChI=1S/C15H13ClN2O/c1-18(14-7-3-4-9-15(14)19-2)13-8-5-6-12(16)11(13)10-17/h3-9H,1-2H3. The van der Waals surface area contributed by atoms with Crippen LogP contribution in [0.4, 0.5) is 11.4 Å². The molecule has 0 saturated carbocycles. The van der Waals surface area contributed by atoms with Crippen molar-refractivity contribution < 1.29 is 4.74 Å². The molecule has 0 aliphatic rings. The smallest absolute Gasteiger partial charge is 0.142 e. The van der Waals surface area contributed by atoms with Gasteiger partial charge in [0.25, 0.3) is 0 Å². The molecule has 2 rings (SSSR count). The number of hydrogen-bond donors (Lipinski definition) is 0. The van der Waals surface area contributed by atoms with Crippen LogP contribution >= 0.6 is 11.6 Å². The van der Waals surface area contributed by atoms with Crippen molar-refractivity contribution in [2.24, 2.45) is 0 Å². The van der Waals surface area contributed by atoms with Gasteiger partial charge in [0.2, 0.25) is 0 Å². The summed E-state index contributed by atoms with van der Waals surface area (Å²) >= 11 is 6.05. The van der Waals surface area contributed by atoms with Gasteiger partial charge in [-0.15, -0.1) is 0 Å². The Morgan fingerprint density at radius 2 is 1.79 bits per heavy atom. The lowest BCUT2D eigenvalue weighted by molar-refractivity contribution is 0.415. The molecule has 0 radical (unpaired) electrons. The van der Waals surface area contributed by atoms with Crippen molar-refractivity contribution in [2.75, 3.05) is 19.1 Å². The van der Waals surface area contributed by atoms with Crippen molar-refractivity contribution in [1.29, 1.82) is 5.26 Å². The van der Waals surface area contributed by atoms with Crippen molar-refractivity contribution in [3.05, 3.63) is 53.1 Å². The minimum Gasteiger partial charge on any atom is -0.495 e. The molecule has 0 unspecified atom stereocenters. The lowest BCUT2D eigenvalue weighted by Gasteiger charge is -2.23. The van der Waals surface area contributed by atoms with Crippen LogP contribution in [0.3, 0.4) is 0 Å². The van der Waals surface area contributed by atoms with E-state index in [4.69, 9.17) is 16.3 Å². The second-order valence-corrected chi connectivity index (χ2v) is 4.38. The van der Waals surface area contributed by atoms with Gasteiger partial charge < -0.3 is 9.64 Å². The normalized spacial score (nSPS) is 9.79. The van der Waals surface area contributed by atoms with Crippen molar-refractivity contribution in [2.45, 2.75) is 0 Å². The molecule has 0 bridgehead atoms. The molecular formula is C15H13ClN2O. The van der Waals surface area contributed by atoms with Gasteiger partial charge in [0.15, 0.2) is 0 Å². The lowest BCUT2D eigenvalue weighted by atomic mass is 10.1. The van der Waals surface area contributed by atoms with Crippen molar-refractivity contribution in [1.82, 2.24) is 0 Å². The monoisotopic (exact) mass is 272 g/mol. The molecule has 0 aromatic heterocycles. The minimum absolute atomic E-state index is 0.446. The summed E-state index contributed by atoms with van der Waals surface area (Å²) in [5.41, 5.74) is 2.08. The second kappa shape index (κ2) is 5.64. The maximum absolute atomic E-state index is 9.23. The maximum atomic E-state index is 9.23. The van der Waals surface area contributed by atoms with Gasteiger partial charge in [0.1, 0.15) is 11.8 Å². The minimum atomic E-state index is 0.446. The number of anilines is 2. The Labute approximate surface area is 117 Å². The molecule has 0 amide bonds. The highest BCUT2D eigenvalue weighted by molar-refractivity contribution is 6.32. The summed E-state index contributed by atoms with van der Waals surface area (Å²) in [6, 6.07) is 15.2. The van der Waals surface area contributed by atoms with Crippen LogP contribution in [0.25, 0.3) is 0 Å². The maximum Gasteiger partial charge on any atom is 0.142 e. The summed E-state index contributed by atoms with van der Waals surface area (Å²) in [7, 11) is 3.50. The number of ether oxygens (including phenoxy) is 1. The molecule has 19 heavy (non-hydrogen) atoms. The van der Waals surface area contributed by atoms with Gasteiger partial charge in [-0.3, -0.25) is 0 Å². The molecule has 0 fully saturated rings. The third kappa shape index (κ3) is 2.49. The van der Waals surface area contributed by atoms with Gasteiger partial charge >= 0.3 is 0 Å². The number of rotatable bonds is 3. The van der Waals surface area contributed by atoms with Crippen LogP contribution in [0.1, 0.15) is 5.56 Å². The summed E-state index contributed by atoms with van der Waals surface area (Å²) in [5.74, 6) is 0.744. The first kappa shape index (κ1) is 13.3. The van der Waals surface area contributed by atoms with Gasteiger partial charge in [-0.1, -0.05) is 29.8 Å². The fourth-order valence-corrected chi connectivity index (χ4v) is 2.15. The van der Waals surface area contributed by atoms with Crippen molar-refractivity contribution >= 4 is 23.0 Å². The Hall–Kier alpha value is -2.18. The number of nitriles is 1. The fourth-order valence-electron chi connectivity index (χ4n) is 1.94. The lowest BCUT2D eigenvalue weighted by Crippen LogP contribution is -2.12. The van der Waals surface area contributed by atoms with E-state index in [-0.39, 0.29) is 0 Å². The quantitative estimate of drug-likeness (QED) is 0.848. The Bertz CT molecular complexity index is 634. The molecule has 0 spiro atoms. The molecule has 0 aliphatic heterocycles. The van der Waals surface area contributed by atoms with Gasteiger partial charge in [0.05, 0.1) is 29.1 Å². The molecule has 3 nitrogen and oxygen atoms in total. The van der Waals surface area contributed by atoms with E-state index in [2.05, 4.69) is 6.07 Å². The molecule has 0 aliphatic carbocycles. The second-order valence-electron chi connectivity index (χ2n) is 3.98. The number of para-hydroxylation sites is 2. The van der Waals surface area contributed by atoms with Crippen LogP contribution in [0.2, 0.25) is 5.02 Å². The SMILES string of the molecule is COc1ccccc1N(C)c1cccc(Cl)c1C#N. The molecule has 0 heterocycles. The molecule has 0 saturated heterocycles. The molecule has 0 atom stereocenters. The summed E-state index contributed by atoms with van der Waals surface area (Å²) in [6.45, 7) is 0. The van der Waals surface area contributed by atoms with Crippen LogP contribution in [-0.2, 0) is 0 Å². The average Bonchev–Trinajstić information content (AvgIpc) is 2.46. The van der Waals surface area contributed by atoms with E-state index >= 15 is 0 Å². The highest BCUT2D eigenvalue weighted by Gasteiger charge is 2.14. The molecule has 96 valence electrons. The van der Waals surface area contributed by atoms with Crippen molar-refractivity contribution in [3.63, 3.8) is 0 Å². The van der Waals surface area contributed by atoms with Gasteiger partial charge in [0, 0.05) is 7.05 Å². The Morgan fingerprint density at radius 1 is 1.11 bits per heavy atom. The summed E-state index contributed by atoms with van der Waals surface area (Å²) in [4.78, 5) is 1.89. The first-order chi connectivity index (χ1) is 9.19. The number of methoxy groups -OCH3 is 1. The number of hydrogen-bond acceptors (Lipinski definition) is 3. The number of benzene rings is 2. The average molecular weight is 273 g/mol. The van der Waals surface area contributed by atoms with Gasteiger partial charge in [-0.05, 0) is 24.3 Å². The van der Waals surface area contributed by atoms with E-state index in [0.717, 1.165) is 17.1 Å². The fraction of sp³-hybridized carbons (Fsp3) is 0.133. The zero-order valence-electron chi connectivity index (χ0n) is 10.7.